The maximum absolute atomic E-state index is 5.75. The number of aromatic nitrogens is 2. The van der Waals surface area contributed by atoms with Crippen LogP contribution in [0.15, 0.2) is 60.8 Å². The van der Waals surface area contributed by atoms with Crippen molar-refractivity contribution in [2.75, 3.05) is 5.73 Å². The first-order valence-electron chi connectivity index (χ1n) is 6.19. The van der Waals surface area contributed by atoms with Gasteiger partial charge in [0.1, 0.15) is 0 Å². The van der Waals surface area contributed by atoms with E-state index in [0.717, 1.165) is 11.3 Å². The lowest BCUT2D eigenvalue weighted by Gasteiger charge is -2.06. The van der Waals surface area contributed by atoms with Gasteiger partial charge in [0.2, 0.25) is 0 Å². The second-order valence-electron chi connectivity index (χ2n) is 4.50. The maximum atomic E-state index is 5.75. The first kappa shape index (κ1) is 11.5. The second kappa shape index (κ2) is 4.61. The van der Waals surface area contributed by atoms with Gasteiger partial charge in [0.15, 0.2) is 5.95 Å². The molecule has 0 saturated heterocycles. The minimum absolute atomic E-state index is 0.530. The van der Waals surface area contributed by atoms with Gasteiger partial charge >= 0.3 is 0 Å². The van der Waals surface area contributed by atoms with Crippen molar-refractivity contribution in [2.45, 2.75) is 0 Å². The van der Waals surface area contributed by atoms with E-state index in [1.807, 2.05) is 29.8 Å². The number of hydrogen-bond donors (Lipinski definition) is 1. The lowest BCUT2D eigenvalue weighted by Crippen LogP contribution is -1.98. The molecule has 0 aliphatic carbocycles. The second-order valence-corrected chi connectivity index (χ2v) is 4.50. The Balaban J connectivity index is 1.98. The summed E-state index contributed by atoms with van der Waals surface area (Å²) < 4.78 is 1.89. The zero-order valence-corrected chi connectivity index (χ0v) is 10.7. The van der Waals surface area contributed by atoms with E-state index in [-0.39, 0.29) is 0 Å². The van der Waals surface area contributed by atoms with Crippen LogP contribution in [0.2, 0.25) is 0 Å². The normalized spacial score (nSPS) is 10.6. The summed E-state index contributed by atoms with van der Waals surface area (Å²) in [7, 11) is 1.92. The standard InChI is InChI=1S/C16H15N3/c1-19-15(11-18-16(19)17)14-9-7-13(8-10-14)12-5-3-2-4-6-12/h2-11H,1H3,(H2,17,18). The highest BCUT2D eigenvalue weighted by atomic mass is 15.1. The van der Waals surface area contributed by atoms with E-state index in [9.17, 15) is 0 Å². The topological polar surface area (TPSA) is 43.8 Å². The molecule has 0 amide bonds. The lowest BCUT2D eigenvalue weighted by atomic mass is 10.0. The van der Waals surface area contributed by atoms with Gasteiger partial charge < -0.3 is 10.3 Å². The fraction of sp³-hybridized carbons (Fsp3) is 0.0625. The molecule has 0 saturated carbocycles. The fourth-order valence-corrected chi connectivity index (χ4v) is 2.16. The summed E-state index contributed by atoms with van der Waals surface area (Å²) in [5, 5.41) is 0. The molecule has 0 fully saturated rings. The molecule has 2 N–H and O–H groups in total. The van der Waals surface area contributed by atoms with E-state index in [2.05, 4.69) is 41.4 Å². The molecule has 0 bridgehead atoms. The van der Waals surface area contributed by atoms with E-state index in [0.29, 0.717) is 5.95 Å². The third-order valence-electron chi connectivity index (χ3n) is 3.31. The van der Waals surface area contributed by atoms with Crippen molar-refractivity contribution in [2.24, 2.45) is 7.05 Å². The van der Waals surface area contributed by atoms with E-state index in [1.165, 1.54) is 11.1 Å². The highest BCUT2D eigenvalue weighted by Gasteiger charge is 2.06. The largest absolute Gasteiger partial charge is 0.369 e. The van der Waals surface area contributed by atoms with Crippen LogP contribution in [0.1, 0.15) is 0 Å². The minimum atomic E-state index is 0.530. The predicted octanol–water partition coefficient (Wildman–Crippen LogP) is 3.34. The number of nitrogens with two attached hydrogens (primary N) is 1. The smallest absolute Gasteiger partial charge is 0.200 e. The third-order valence-corrected chi connectivity index (χ3v) is 3.31. The van der Waals surface area contributed by atoms with Crippen molar-refractivity contribution < 1.29 is 0 Å². The number of hydrogen-bond acceptors (Lipinski definition) is 2. The Morgan fingerprint density at radius 3 is 2.00 bits per heavy atom. The van der Waals surface area contributed by atoms with Crippen LogP contribution in [-0.4, -0.2) is 9.55 Å². The Hall–Kier alpha value is -2.55. The molecular formula is C16H15N3. The quantitative estimate of drug-likeness (QED) is 0.757. The molecule has 3 heteroatoms. The van der Waals surface area contributed by atoms with Gasteiger partial charge in [0, 0.05) is 7.05 Å². The van der Waals surface area contributed by atoms with Gasteiger partial charge in [-0.15, -0.1) is 0 Å². The molecule has 94 valence electrons. The SMILES string of the molecule is Cn1c(-c2ccc(-c3ccccc3)cc2)cnc1N. The Morgan fingerprint density at radius 2 is 1.42 bits per heavy atom. The average molecular weight is 249 g/mol. The van der Waals surface area contributed by atoms with Crippen LogP contribution in [-0.2, 0) is 7.05 Å². The summed E-state index contributed by atoms with van der Waals surface area (Å²) in [6.07, 6.45) is 1.80. The maximum Gasteiger partial charge on any atom is 0.200 e. The van der Waals surface area contributed by atoms with Gasteiger partial charge in [0.25, 0.3) is 0 Å². The summed E-state index contributed by atoms with van der Waals surface area (Å²) in [5.41, 5.74) is 10.3. The number of imidazole rings is 1. The molecule has 0 radical (unpaired) electrons. The van der Waals surface area contributed by atoms with E-state index >= 15 is 0 Å². The zero-order chi connectivity index (χ0) is 13.2. The Kier molecular flexibility index (Phi) is 2.80. The average Bonchev–Trinajstić information content (AvgIpc) is 2.80. The van der Waals surface area contributed by atoms with Gasteiger partial charge in [-0.05, 0) is 16.7 Å². The van der Waals surface area contributed by atoms with Crippen molar-refractivity contribution in [3.63, 3.8) is 0 Å². The Morgan fingerprint density at radius 1 is 0.842 bits per heavy atom. The monoisotopic (exact) mass is 249 g/mol. The van der Waals surface area contributed by atoms with Crippen LogP contribution in [0.3, 0.4) is 0 Å². The molecule has 1 aromatic heterocycles. The van der Waals surface area contributed by atoms with Crippen molar-refractivity contribution in [1.82, 2.24) is 9.55 Å². The molecule has 0 atom stereocenters. The van der Waals surface area contributed by atoms with Crippen LogP contribution >= 0.6 is 0 Å². The first-order chi connectivity index (χ1) is 9.25. The molecule has 0 spiro atoms. The van der Waals surface area contributed by atoms with Crippen molar-refractivity contribution in [3.8, 4) is 22.4 Å². The minimum Gasteiger partial charge on any atom is -0.369 e. The van der Waals surface area contributed by atoms with E-state index in [1.54, 1.807) is 6.20 Å². The van der Waals surface area contributed by atoms with E-state index in [4.69, 9.17) is 5.73 Å². The highest BCUT2D eigenvalue weighted by molar-refractivity contribution is 5.69. The van der Waals surface area contributed by atoms with Crippen LogP contribution in [0.25, 0.3) is 22.4 Å². The highest BCUT2D eigenvalue weighted by Crippen LogP contribution is 2.25. The lowest BCUT2D eigenvalue weighted by molar-refractivity contribution is 0.938. The molecule has 0 aliphatic heterocycles. The fourth-order valence-electron chi connectivity index (χ4n) is 2.16. The van der Waals surface area contributed by atoms with Gasteiger partial charge in [-0.3, -0.25) is 0 Å². The zero-order valence-electron chi connectivity index (χ0n) is 10.7. The first-order valence-corrected chi connectivity index (χ1v) is 6.19. The summed E-state index contributed by atoms with van der Waals surface area (Å²) in [6, 6.07) is 18.8. The van der Waals surface area contributed by atoms with E-state index < -0.39 is 0 Å². The summed E-state index contributed by atoms with van der Waals surface area (Å²) >= 11 is 0. The van der Waals surface area contributed by atoms with Gasteiger partial charge in [-0.1, -0.05) is 54.6 Å². The van der Waals surface area contributed by atoms with Gasteiger partial charge in [0.05, 0.1) is 11.9 Å². The molecule has 3 nitrogen and oxygen atoms in total. The molecule has 3 aromatic rings. The van der Waals surface area contributed by atoms with Crippen molar-refractivity contribution >= 4 is 5.95 Å². The molecule has 1 heterocycles. The number of nitrogen functional groups attached to an aromatic ring is 1. The predicted molar refractivity (Wildman–Crippen MR) is 78.5 cm³/mol. The third kappa shape index (κ3) is 2.10. The van der Waals surface area contributed by atoms with Crippen LogP contribution in [0, 0.1) is 0 Å². The molecule has 2 aromatic carbocycles. The van der Waals surface area contributed by atoms with Crippen molar-refractivity contribution in [1.29, 1.82) is 0 Å². The summed E-state index contributed by atoms with van der Waals surface area (Å²) in [6.45, 7) is 0. The molecule has 19 heavy (non-hydrogen) atoms. The Bertz CT molecular complexity index is 682. The molecule has 3 rings (SSSR count). The van der Waals surface area contributed by atoms with Crippen LogP contribution in [0.5, 0.6) is 0 Å². The number of rotatable bonds is 2. The van der Waals surface area contributed by atoms with Crippen LogP contribution < -0.4 is 5.73 Å². The molecule has 0 aliphatic rings. The number of nitrogens with zero attached hydrogens (tertiary/aromatic N) is 2. The van der Waals surface area contributed by atoms with Crippen molar-refractivity contribution in [3.05, 3.63) is 60.8 Å². The summed E-state index contributed by atoms with van der Waals surface area (Å²) in [4.78, 5) is 4.11. The Labute approximate surface area is 112 Å². The molecular weight excluding hydrogens is 234 g/mol. The number of anilines is 1. The van der Waals surface area contributed by atoms with Gasteiger partial charge in [-0.25, -0.2) is 4.98 Å². The molecule has 0 unspecified atom stereocenters. The number of benzene rings is 2. The summed E-state index contributed by atoms with van der Waals surface area (Å²) in [5.74, 6) is 0.530. The van der Waals surface area contributed by atoms with Crippen LogP contribution in [0.4, 0.5) is 5.95 Å². The van der Waals surface area contributed by atoms with Gasteiger partial charge in [-0.2, -0.15) is 0 Å².